The number of H-pyrrole nitrogens is 1. The number of nitrogens with zero attached hydrogens (tertiary/aromatic N) is 1. The Morgan fingerprint density at radius 1 is 1.53 bits per heavy atom. The van der Waals surface area contributed by atoms with Gasteiger partial charge >= 0.3 is 0 Å². The van der Waals surface area contributed by atoms with Crippen LogP contribution in [-0.4, -0.2) is 29.0 Å². The molecule has 0 saturated heterocycles. The molecule has 1 heterocycles. The lowest BCUT2D eigenvalue weighted by Crippen LogP contribution is -2.32. The van der Waals surface area contributed by atoms with E-state index in [1.807, 2.05) is 0 Å². The SMILES string of the molecule is O=C(NCCNCc1cnc[nH]1)C1CC1. The first-order chi connectivity index (χ1) is 7.36. The van der Waals surface area contributed by atoms with E-state index >= 15 is 0 Å². The van der Waals surface area contributed by atoms with E-state index < -0.39 is 0 Å². The maximum atomic E-state index is 11.2. The van der Waals surface area contributed by atoms with Crippen molar-refractivity contribution in [3.63, 3.8) is 0 Å². The molecule has 5 heteroatoms. The Bertz CT molecular complexity index is 305. The van der Waals surface area contributed by atoms with E-state index in [0.29, 0.717) is 12.5 Å². The minimum absolute atomic E-state index is 0.207. The van der Waals surface area contributed by atoms with Crippen molar-refractivity contribution in [1.29, 1.82) is 0 Å². The number of carbonyl (C=O) groups excluding carboxylic acids is 1. The first kappa shape index (κ1) is 10.2. The van der Waals surface area contributed by atoms with Crippen LogP contribution in [0.15, 0.2) is 12.5 Å². The van der Waals surface area contributed by atoms with Crippen LogP contribution < -0.4 is 10.6 Å². The number of imidazole rings is 1. The molecule has 0 bridgehead atoms. The molecule has 0 aromatic carbocycles. The first-order valence-electron chi connectivity index (χ1n) is 5.32. The molecule has 1 aromatic rings. The highest BCUT2D eigenvalue weighted by molar-refractivity contribution is 5.80. The smallest absolute Gasteiger partial charge is 0.223 e. The zero-order valence-electron chi connectivity index (χ0n) is 8.62. The fourth-order valence-electron chi connectivity index (χ4n) is 1.37. The Balaban J connectivity index is 1.50. The fourth-order valence-corrected chi connectivity index (χ4v) is 1.37. The third-order valence-electron chi connectivity index (χ3n) is 2.42. The Labute approximate surface area is 88.7 Å². The summed E-state index contributed by atoms with van der Waals surface area (Å²) >= 11 is 0. The minimum atomic E-state index is 0.207. The Hall–Kier alpha value is -1.36. The highest BCUT2D eigenvalue weighted by Crippen LogP contribution is 2.28. The van der Waals surface area contributed by atoms with E-state index in [-0.39, 0.29) is 5.91 Å². The van der Waals surface area contributed by atoms with Gasteiger partial charge in [-0.05, 0) is 12.8 Å². The zero-order valence-corrected chi connectivity index (χ0v) is 8.62. The average Bonchev–Trinajstić information content (AvgIpc) is 2.97. The summed E-state index contributed by atoms with van der Waals surface area (Å²) in [6, 6.07) is 0. The number of hydrogen-bond donors (Lipinski definition) is 3. The van der Waals surface area contributed by atoms with Crippen molar-refractivity contribution in [3.05, 3.63) is 18.2 Å². The zero-order chi connectivity index (χ0) is 10.5. The van der Waals surface area contributed by atoms with Crippen LogP contribution in [0.5, 0.6) is 0 Å². The van der Waals surface area contributed by atoms with Gasteiger partial charge in [-0.25, -0.2) is 4.98 Å². The summed E-state index contributed by atoms with van der Waals surface area (Å²) in [5, 5.41) is 6.11. The van der Waals surface area contributed by atoms with E-state index in [0.717, 1.165) is 31.6 Å². The molecule has 3 N–H and O–H groups in total. The molecule has 0 unspecified atom stereocenters. The van der Waals surface area contributed by atoms with Crippen molar-refractivity contribution in [3.8, 4) is 0 Å². The van der Waals surface area contributed by atoms with Gasteiger partial charge in [0.25, 0.3) is 0 Å². The summed E-state index contributed by atoms with van der Waals surface area (Å²) in [6.07, 6.45) is 5.57. The molecule has 2 rings (SSSR count). The van der Waals surface area contributed by atoms with Crippen molar-refractivity contribution in [2.24, 2.45) is 5.92 Å². The average molecular weight is 208 g/mol. The number of aromatic nitrogens is 2. The van der Waals surface area contributed by atoms with Gasteiger partial charge in [-0.2, -0.15) is 0 Å². The topological polar surface area (TPSA) is 69.8 Å². The summed E-state index contributed by atoms with van der Waals surface area (Å²) in [7, 11) is 0. The second-order valence-electron chi connectivity index (χ2n) is 3.82. The standard InChI is InChI=1S/C10H16N4O/c15-10(8-1-2-8)13-4-3-11-5-9-6-12-7-14-9/h6-8,11H,1-5H2,(H,12,14)(H,13,15). The summed E-state index contributed by atoms with van der Waals surface area (Å²) in [6.45, 7) is 2.25. The molecular weight excluding hydrogens is 192 g/mol. The number of hydrogen-bond acceptors (Lipinski definition) is 3. The van der Waals surface area contributed by atoms with Crippen LogP contribution in [0.4, 0.5) is 0 Å². The highest BCUT2D eigenvalue weighted by atomic mass is 16.2. The number of amides is 1. The van der Waals surface area contributed by atoms with Crippen molar-refractivity contribution in [1.82, 2.24) is 20.6 Å². The van der Waals surface area contributed by atoms with Crippen LogP contribution in [0.25, 0.3) is 0 Å². The van der Waals surface area contributed by atoms with Gasteiger partial charge in [0.05, 0.1) is 6.33 Å². The summed E-state index contributed by atoms with van der Waals surface area (Å²) in [4.78, 5) is 18.2. The molecule has 1 saturated carbocycles. The Kier molecular flexibility index (Phi) is 3.34. The predicted molar refractivity (Wildman–Crippen MR) is 56.0 cm³/mol. The van der Waals surface area contributed by atoms with Crippen LogP contribution in [0, 0.1) is 5.92 Å². The first-order valence-corrected chi connectivity index (χ1v) is 5.32. The molecule has 1 aliphatic rings. The van der Waals surface area contributed by atoms with Gasteiger partial charge in [-0.3, -0.25) is 4.79 Å². The summed E-state index contributed by atoms with van der Waals surface area (Å²) in [5.74, 6) is 0.510. The normalized spacial score (nSPS) is 15.2. The van der Waals surface area contributed by atoms with Crippen molar-refractivity contribution < 1.29 is 4.79 Å². The molecule has 82 valence electrons. The molecule has 0 aliphatic heterocycles. The van der Waals surface area contributed by atoms with Gasteiger partial charge < -0.3 is 15.6 Å². The molecule has 1 aliphatic carbocycles. The molecule has 1 fully saturated rings. The quantitative estimate of drug-likeness (QED) is 0.577. The number of rotatable bonds is 6. The predicted octanol–water partition coefficient (Wildman–Crippen LogP) is 0.0255. The maximum Gasteiger partial charge on any atom is 0.223 e. The van der Waals surface area contributed by atoms with Gasteiger partial charge in [0.1, 0.15) is 0 Å². The van der Waals surface area contributed by atoms with Gasteiger partial charge in [0, 0.05) is 37.4 Å². The molecule has 5 nitrogen and oxygen atoms in total. The Morgan fingerprint density at radius 2 is 2.40 bits per heavy atom. The largest absolute Gasteiger partial charge is 0.355 e. The lowest BCUT2D eigenvalue weighted by molar-refractivity contribution is -0.122. The number of nitrogens with one attached hydrogen (secondary N) is 3. The second-order valence-corrected chi connectivity index (χ2v) is 3.82. The van der Waals surface area contributed by atoms with Crippen molar-refractivity contribution in [2.45, 2.75) is 19.4 Å². The van der Waals surface area contributed by atoms with E-state index in [1.54, 1.807) is 12.5 Å². The Morgan fingerprint density at radius 3 is 3.07 bits per heavy atom. The second kappa shape index (κ2) is 4.93. The molecule has 0 spiro atoms. The van der Waals surface area contributed by atoms with Crippen LogP contribution in [0.1, 0.15) is 18.5 Å². The van der Waals surface area contributed by atoms with Gasteiger partial charge in [0.2, 0.25) is 5.91 Å². The van der Waals surface area contributed by atoms with Crippen LogP contribution >= 0.6 is 0 Å². The summed E-state index contributed by atoms with van der Waals surface area (Å²) in [5.41, 5.74) is 1.06. The van der Waals surface area contributed by atoms with E-state index in [9.17, 15) is 4.79 Å². The molecule has 15 heavy (non-hydrogen) atoms. The highest BCUT2D eigenvalue weighted by Gasteiger charge is 2.28. The van der Waals surface area contributed by atoms with Crippen molar-refractivity contribution in [2.75, 3.05) is 13.1 Å². The maximum absolute atomic E-state index is 11.2. The van der Waals surface area contributed by atoms with Crippen LogP contribution in [0.3, 0.4) is 0 Å². The molecule has 1 amide bonds. The third kappa shape index (κ3) is 3.36. The van der Waals surface area contributed by atoms with Gasteiger partial charge in [-0.15, -0.1) is 0 Å². The van der Waals surface area contributed by atoms with E-state index in [2.05, 4.69) is 20.6 Å². The minimum Gasteiger partial charge on any atom is -0.355 e. The number of carbonyl (C=O) groups is 1. The monoisotopic (exact) mass is 208 g/mol. The molecule has 0 atom stereocenters. The van der Waals surface area contributed by atoms with Crippen LogP contribution in [0.2, 0.25) is 0 Å². The molecular formula is C10H16N4O. The molecule has 1 aromatic heterocycles. The van der Waals surface area contributed by atoms with Gasteiger partial charge in [-0.1, -0.05) is 0 Å². The summed E-state index contributed by atoms with van der Waals surface area (Å²) < 4.78 is 0. The third-order valence-corrected chi connectivity index (χ3v) is 2.42. The molecule has 0 radical (unpaired) electrons. The number of aromatic amines is 1. The van der Waals surface area contributed by atoms with E-state index in [4.69, 9.17) is 0 Å². The van der Waals surface area contributed by atoms with Crippen molar-refractivity contribution >= 4 is 5.91 Å². The fraction of sp³-hybridized carbons (Fsp3) is 0.600. The lowest BCUT2D eigenvalue weighted by Gasteiger charge is -2.04. The van der Waals surface area contributed by atoms with E-state index in [1.165, 1.54) is 0 Å². The lowest BCUT2D eigenvalue weighted by atomic mass is 10.4. The van der Waals surface area contributed by atoms with Gasteiger partial charge in [0.15, 0.2) is 0 Å². The van der Waals surface area contributed by atoms with Crippen LogP contribution in [-0.2, 0) is 11.3 Å².